The normalized spacial score (nSPS) is 11.1. The average molecular weight is 391 g/mol. The third-order valence-electron chi connectivity index (χ3n) is 3.31. The fraction of sp³-hybridized carbons (Fsp3) is 0.600. The Morgan fingerprint density at radius 1 is 0.519 bits per heavy atom. The van der Waals surface area contributed by atoms with Gasteiger partial charge in [0.25, 0.3) is 0 Å². The van der Waals surface area contributed by atoms with Gasteiger partial charge in [-0.1, -0.05) is 6.58 Å². The maximum atomic E-state index is 11.0. The van der Waals surface area contributed by atoms with Gasteiger partial charge in [-0.05, 0) is 0 Å². The molecule has 0 heterocycles. The summed E-state index contributed by atoms with van der Waals surface area (Å²) in [5.41, 5.74) is 0. The predicted octanol–water partition coefficient (Wildman–Crippen LogP) is -1.70. The van der Waals surface area contributed by atoms with E-state index >= 15 is 0 Å². The maximum Gasteiger partial charge on any atom is 0.317 e. The molecule has 154 valence electrons. The Morgan fingerprint density at radius 2 is 0.778 bits per heavy atom. The third kappa shape index (κ3) is 14.2. The molecular weight excluding hydrogens is 366 g/mol. The first kappa shape index (κ1) is 24.3. The Morgan fingerprint density at radius 3 is 1.07 bits per heavy atom. The van der Waals surface area contributed by atoms with E-state index in [4.69, 9.17) is 20.4 Å². The van der Waals surface area contributed by atoms with Crippen LogP contribution in [0, 0.1) is 0 Å². The highest BCUT2D eigenvalue weighted by Crippen LogP contribution is 1.98. The minimum absolute atomic E-state index is 0.00246. The summed E-state index contributed by atoms with van der Waals surface area (Å²) in [6.07, 6.45) is 0. The number of rotatable bonds is 16. The second kappa shape index (κ2) is 12.6. The summed E-state index contributed by atoms with van der Waals surface area (Å²) in [5, 5.41) is 44.7. The van der Waals surface area contributed by atoms with Crippen molar-refractivity contribution in [3.05, 3.63) is 12.3 Å². The number of carboxylic acid groups (broad SMARTS) is 4. The summed E-state index contributed by atoms with van der Waals surface area (Å²) in [7, 11) is 0. The first-order valence-corrected chi connectivity index (χ1v) is 7.90. The lowest BCUT2D eigenvalue weighted by atomic mass is 10.3. The molecule has 27 heavy (non-hydrogen) atoms. The molecule has 0 aromatic heterocycles. The standard InChI is InChI=1S/C15H25N3O9/c1-11(19)6-17(8-13(22)23)4-2-16(7-12(20)21)3-5-18(9-14(24)25)10-15(26)27/h19H,1-10H2,(H,20,21)(H,22,23)(H,24,25)(H,26,27). The SMILES string of the molecule is C=C(O)CN(CCN(CCN(CC(=O)O)CC(=O)O)CC(=O)O)CC(=O)O. The van der Waals surface area contributed by atoms with Crippen LogP contribution in [0.4, 0.5) is 0 Å². The number of nitrogens with zero attached hydrogens (tertiary/aromatic N) is 3. The molecule has 0 amide bonds. The van der Waals surface area contributed by atoms with Crippen LogP contribution in [0.25, 0.3) is 0 Å². The number of aliphatic hydroxyl groups is 1. The first-order chi connectivity index (χ1) is 12.5. The van der Waals surface area contributed by atoms with Gasteiger partial charge in [0.1, 0.15) is 0 Å². The molecule has 12 heteroatoms. The van der Waals surface area contributed by atoms with Gasteiger partial charge < -0.3 is 25.5 Å². The van der Waals surface area contributed by atoms with E-state index in [1.165, 1.54) is 9.80 Å². The lowest BCUT2D eigenvalue weighted by molar-refractivity contribution is -0.143. The number of carbonyl (C=O) groups is 4. The second-order valence-corrected chi connectivity index (χ2v) is 5.84. The van der Waals surface area contributed by atoms with E-state index in [-0.39, 0.29) is 45.0 Å². The molecule has 0 radical (unpaired) electrons. The molecule has 0 bridgehead atoms. The summed E-state index contributed by atoms with van der Waals surface area (Å²) in [5.74, 6) is -4.94. The molecule has 0 saturated heterocycles. The van der Waals surface area contributed by atoms with Crippen molar-refractivity contribution in [2.45, 2.75) is 0 Å². The van der Waals surface area contributed by atoms with Crippen molar-refractivity contribution >= 4 is 23.9 Å². The van der Waals surface area contributed by atoms with E-state index in [0.29, 0.717) is 0 Å². The van der Waals surface area contributed by atoms with E-state index < -0.39 is 43.5 Å². The van der Waals surface area contributed by atoms with Gasteiger partial charge in [-0.2, -0.15) is 0 Å². The average Bonchev–Trinajstić information content (AvgIpc) is 2.46. The van der Waals surface area contributed by atoms with Crippen molar-refractivity contribution in [3.8, 4) is 0 Å². The largest absolute Gasteiger partial charge is 0.512 e. The highest BCUT2D eigenvalue weighted by molar-refractivity contribution is 5.72. The molecule has 0 aromatic carbocycles. The van der Waals surface area contributed by atoms with Crippen LogP contribution in [0.5, 0.6) is 0 Å². The van der Waals surface area contributed by atoms with Crippen LogP contribution in [-0.4, -0.2) is 123 Å². The van der Waals surface area contributed by atoms with Crippen molar-refractivity contribution in [2.75, 3.05) is 58.9 Å². The van der Waals surface area contributed by atoms with Gasteiger partial charge in [-0.15, -0.1) is 0 Å². The Balaban J connectivity index is 4.85. The molecule has 0 unspecified atom stereocenters. The van der Waals surface area contributed by atoms with E-state index in [0.717, 1.165) is 4.90 Å². The van der Waals surface area contributed by atoms with Crippen molar-refractivity contribution in [2.24, 2.45) is 0 Å². The van der Waals surface area contributed by atoms with Crippen molar-refractivity contribution in [1.29, 1.82) is 0 Å². The van der Waals surface area contributed by atoms with Gasteiger partial charge in [-0.3, -0.25) is 33.9 Å². The molecule has 0 aliphatic rings. The summed E-state index contributed by atoms with van der Waals surface area (Å²) >= 11 is 0. The zero-order valence-electron chi connectivity index (χ0n) is 14.8. The van der Waals surface area contributed by atoms with Crippen molar-refractivity contribution < 1.29 is 44.7 Å². The van der Waals surface area contributed by atoms with E-state index in [9.17, 15) is 24.3 Å². The zero-order chi connectivity index (χ0) is 21.0. The van der Waals surface area contributed by atoms with Crippen molar-refractivity contribution in [1.82, 2.24) is 14.7 Å². The minimum Gasteiger partial charge on any atom is -0.512 e. The molecule has 0 aromatic rings. The topological polar surface area (TPSA) is 179 Å². The number of hydrogen-bond donors (Lipinski definition) is 5. The number of carboxylic acids is 4. The predicted molar refractivity (Wildman–Crippen MR) is 91.6 cm³/mol. The molecule has 0 fully saturated rings. The molecule has 5 N–H and O–H groups in total. The number of aliphatic carboxylic acids is 4. The zero-order valence-corrected chi connectivity index (χ0v) is 14.8. The Bertz CT molecular complexity index is 481. The highest BCUT2D eigenvalue weighted by atomic mass is 16.4. The van der Waals surface area contributed by atoms with Crippen LogP contribution in [0.1, 0.15) is 0 Å². The van der Waals surface area contributed by atoms with Crippen LogP contribution >= 0.6 is 0 Å². The van der Waals surface area contributed by atoms with Crippen molar-refractivity contribution in [3.63, 3.8) is 0 Å². The fourth-order valence-electron chi connectivity index (χ4n) is 2.29. The third-order valence-corrected chi connectivity index (χ3v) is 3.31. The lowest BCUT2D eigenvalue weighted by Crippen LogP contribution is -2.45. The van der Waals surface area contributed by atoms with Gasteiger partial charge in [0.15, 0.2) is 0 Å². The summed E-state index contributed by atoms with van der Waals surface area (Å²) in [4.78, 5) is 47.4. The Labute approximate surface area is 155 Å². The van der Waals surface area contributed by atoms with Crippen LogP contribution in [0.15, 0.2) is 12.3 Å². The van der Waals surface area contributed by atoms with Crippen LogP contribution < -0.4 is 0 Å². The molecule has 0 rings (SSSR count). The summed E-state index contributed by atoms with van der Waals surface area (Å²) < 4.78 is 0. The maximum absolute atomic E-state index is 11.0. The van der Waals surface area contributed by atoms with Gasteiger partial charge in [-0.25, -0.2) is 0 Å². The molecule has 12 nitrogen and oxygen atoms in total. The van der Waals surface area contributed by atoms with Gasteiger partial charge in [0, 0.05) is 26.2 Å². The number of aliphatic hydroxyl groups excluding tert-OH is 1. The monoisotopic (exact) mass is 391 g/mol. The van der Waals surface area contributed by atoms with Crippen LogP contribution in [0.3, 0.4) is 0 Å². The molecule has 0 spiro atoms. The smallest absolute Gasteiger partial charge is 0.317 e. The quantitative estimate of drug-likeness (QED) is 0.189. The molecular formula is C15H25N3O9. The molecule has 0 atom stereocenters. The fourth-order valence-corrected chi connectivity index (χ4v) is 2.29. The second-order valence-electron chi connectivity index (χ2n) is 5.84. The van der Waals surface area contributed by atoms with E-state index in [2.05, 4.69) is 6.58 Å². The summed E-state index contributed by atoms with van der Waals surface area (Å²) in [6, 6.07) is 0. The van der Waals surface area contributed by atoms with Gasteiger partial charge >= 0.3 is 23.9 Å². The van der Waals surface area contributed by atoms with E-state index in [1.807, 2.05) is 0 Å². The minimum atomic E-state index is -1.21. The molecule has 0 saturated carbocycles. The first-order valence-electron chi connectivity index (χ1n) is 7.90. The van der Waals surface area contributed by atoms with Crippen LogP contribution in [0.2, 0.25) is 0 Å². The Kier molecular flexibility index (Phi) is 11.4. The highest BCUT2D eigenvalue weighted by Gasteiger charge is 2.18. The Hall–Kier alpha value is -2.70. The van der Waals surface area contributed by atoms with Crippen LogP contribution in [-0.2, 0) is 19.2 Å². The number of hydrogen-bond acceptors (Lipinski definition) is 8. The van der Waals surface area contributed by atoms with Gasteiger partial charge in [0.05, 0.1) is 38.5 Å². The molecule has 0 aliphatic heterocycles. The van der Waals surface area contributed by atoms with E-state index in [1.54, 1.807) is 0 Å². The summed E-state index contributed by atoms with van der Waals surface area (Å²) in [6.45, 7) is 1.67. The lowest BCUT2D eigenvalue weighted by Gasteiger charge is -2.27. The van der Waals surface area contributed by atoms with Gasteiger partial charge in [0.2, 0.25) is 0 Å². The molecule has 0 aliphatic carbocycles.